The van der Waals surface area contributed by atoms with Gasteiger partial charge in [0.25, 0.3) is 5.56 Å². The van der Waals surface area contributed by atoms with Crippen LogP contribution in [-0.4, -0.2) is 9.55 Å². The summed E-state index contributed by atoms with van der Waals surface area (Å²) in [5, 5.41) is 1.93. The number of rotatable bonds is 1. The number of nitrogens with one attached hydrogen (secondary N) is 1. The van der Waals surface area contributed by atoms with Crippen LogP contribution in [0, 0.1) is 10.2 Å². The van der Waals surface area contributed by atoms with Gasteiger partial charge in [0, 0.05) is 6.04 Å². The van der Waals surface area contributed by atoms with E-state index in [1.165, 1.54) is 17.8 Å². The fourth-order valence-corrected chi connectivity index (χ4v) is 4.13. The Kier molecular flexibility index (Phi) is 2.71. The number of aromatic nitrogens is 2. The van der Waals surface area contributed by atoms with Crippen molar-refractivity contribution in [2.45, 2.75) is 39.2 Å². The highest BCUT2D eigenvalue weighted by Gasteiger charge is 2.37. The smallest absolute Gasteiger partial charge is 0.272 e. The van der Waals surface area contributed by atoms with Gasteiger partial charge in [-0.05, 0) is 41.9 Å². The summed E-state index contributed by atoms with van der Waals surface area (Å²) in [6, 6.07) is 2.14. The molecule has 2 aromatic rings. The lowest BCUT2D eigenvalue weighted by molar-refractivity contribution is 0.253. The monoisotopic (exact) mass is 280 g/mol. The quantitative estimate of drug-likeness (QED) is 0.805. The van der Waals surface area contributed by atoms with Gasteiger partial charge < -0.3 is 4.98 Å². The molecule has 1 aliphatic carbocycles. The van der Waals surface area contributed by atoms with Crippen LogP contribution in [-0.2, 0) is 0 Å². The van der Waals surface area contributed by atoms with Gasteiger partial charge in [-0.15, -0.1) is 11.3 Å². The van der Waals surface area contributed by atoms with E-state index in [9.17, 15) is 4.79 Å². The topological polar surface area (TPSA) is 37.8 Å². The normalized spacial score (nSPS) is 22.7. The van der Waals surface area contributed by atoms with E-state index in [4.69, 9.17) is 12.2 Å². The Morgan fingerprint density at radius 2 is 2.33 bits per heavy atom. The fourth-order valence-electron chi connectivity index (χ4n) is 3.02. The first-order chi connectivity index (χ1) is 8.50. The molecule has 5 heteroatoms. The summed E-state index contributed by atoms with van der Waals surface area (Å²) in [6.45, 7) is 4.45. The largest absolute Gasteiger partial charge is 0.331 e. The molecular formula is C13H16N2OS2. The molecule has 0 radical (unpaired) electrons. The molecule has 0 saturated heterocycles. The number of fused-ring (bicyclic) bond motifs is 1. The predicted molar refractivity (Wildman–Crippen MR) is 77.9 cm³/mol. The molecule has 2 aromatic heterocycles. The molecule has 1 fully saturated rings. The second-order valence-electron chi connectivity index (χ2n) is 5.67. The molecule has 1 saturated carbocycles. The highest BCUT2D eigenvalue weighted by molar-refractivity contribution is 7.71. The lowest BCUT2D eigenvalue weighted by atomic mass is 9.87. The highest BCUT2D eigenvalue weighted by Crippen LogP contribution is 2.45. The van der Waals surface area contributed by atoms with Gasteiger partial charge in [-0.2, -0.15) is 0 Å². The van der Waals surface area contributed by atoms with Gasteiger partial charge >= 0.3 is 0 Å². The van der Waals surface area contributed by atoms with Crippen LogP contribution < -0.4 is 5.56 Å². The molecule has 0 spiro atoms. The predicted octanol–water partition coefficient (Wildman–Crippen LogP) is 3.87. The van der Waals surface area contributed by atoms with E-state index in [0.717, 1.165) is 23.1 Å². The van der Waals surface area contributed by atoms with Gasteiger partial charge in [-0.3, -0.25) is 9.36 Å². The molecule has 18 heavy (non-hydrogen) atoms. The maximum absolute atomic E-state index is 12.6. The van der Waals surface area contributed by atoms with Crippen LogP contribution >= 0.6 is 23.6 Å². The summed E-state index contributed by atoms with van der Waals surface area (Å²) in [6.07, 6.45) is 3.37. The lowest BCUT2D eigenvalue weighted by Crippen LogP contribution is -2.31. The molecule has 3 rings (SSSR count). The lowest BCUT2D eigenvalue weighted by Gasteiger charge is -2.28. The first-order valence-corrected chi connectivity index (χ1v) is 7.51. The van der Waals surface area contributed by atoms with Gasteiger partial charge in [0.1, 0.15) is 4.70 Å². The maximum Gasteiger partial charge on any atom is 0.272 e. The van der Waals surface area contributed by atoms with E-state index >= 15 is 0 Å². The average molecular weight is 280 g/mol. The maximum atomic E-state index is 12.6. The zero-order valence-corrected chi connectivity index (χ0v) is 12.2. The minimum Gasteiger partial charge on any atom is -0.331 e. The Hall–Kier alpha value is -0.940. The zero-order valence-electron chi connectivity index (χ0n) is 10.5. The summed E-state index contributed by atoms with van der Waals surface area (Å²) in [5.74, 6) is 0. The summed E-state index contributed by atoms with van der Waals surface area (Å²) in [5.41, 5.74) is 1.08. The van der Waals surface area contributed by atoms with Crippen LogP contribution in [0.4, 0.5) is 0 Å². The van der Waals surface area contributed by atoms with Gasteiger partial charge in [0.15, 0.2) is 4.77 Å². The second kappa shape index (κ2) is 4.03. The number of nitrogens with zero attached hydrogens (tertiary/aromatic N) is 1. The van der Waals surface area contributed by atoms with Crippen molar-refractivity contribution in [3.05, 3.63) is 26.6 Å². The second-order valence-corrected chi connectivity index (χ2v) is 6.97. The molecule has 1 aliphatic rings. The standard InChI is InChI=1S/C13H16N2OS2/c1-13(2)6-3-4-9(13)15-11(16)10-8(5-7-18-10)14-12(15)17/h5,7,9H,3-4,6H2,1-2H3,(H,14,17). The molecular weight excluding hydrogens is 264 g/mol. The summed E-state index contributed by atoms with van der Waals surface area (Å²) >= 11 is 6.87. The van der Waals surface area contributed by atoms with Crippen LogP contribution in [0.15, 0.2) is 16.2 Å². The van der Waals surface area contributed by atoms with Crippen LogP contribution in [0.1, 0.15) is 39.2 Å². The van der Waals surface area contributed by atoms with E-state index in [1.54, 1.807) is 4.57 Å². The summed E-state index contributed by atoms with van der Waals surface area (Å²) in [7, 11) is 0. The van der Waals surface area contributed by atoms with Crippen molar-refractivity contribution in [3.63, 3.8) is 0 Å². The molecule has 0 bridgehead atoms. The van der Waals surface area contributed by atoms with E-state index < -0.39 is 0 Å². The van der Waals surface area contributed by atoms with Crippen molar-refractivity contribution in [2.75, 3.05) is 0 Å². The van der Waals surface area contributed by atoms with E-state index in [2.05, 4.69) is 18.8 Å². The van der Waals surface area contributed by atoms with Crippen LogP contribution in [0.2, 0.25) is 0 Å². The van der Waals surface area contributed by atoms with Gasteiger partial charge in [-0.25, -0.2) is 0 Å². The van der Waals surface area contributed by atoms with Gasteiger partial charge in [0.2, 0.25) is 0 Å². The van der Waals surface area contributed by atoms with Gasteiger partial charge in [0.05, 0.1) is 5.52 Å². The summed E-state index contributed by atoms with van der Waals surface area (Å²) in [4.78, 5) is 15.8. The molecule has 1 atom stereocenters. The Morgan fingerprint density at radius 3 is 3.00 bits per heavy atom. The van der Waals surface area contributed by atoms with Crippen molar-refractivity contribution in [1.82, 2.24) is 9.55 Å². The Balaban J connectivity index is 2.29. The number of hydrogen-bond acceptors (Lipinski definition) is 3. The molecule has 0 aromatic carbocycles. The van der Waals surface area contributed by atoms with E-state index in [1.807, 2.05) is 11.4 Å². The number of aromatic amines is 1. The Labute approximate surface area is 114 Å². The minimum absolute atomic E-state index is 0.0729. The Morgan fingerprint density at radius 1 is 1.56 bits per heavy atom. The third-order valence-electron chi connectivity index (χ3n) is 4.05. The fraction of sp³-hybridized carbons (Fsp3) is 0.538. The number of H-pyrrole nitrogens is 1. The average Bonchev–Trinajstić information content (AvgIpc) is 2.86. The molecule has 96 valence electrons. The molecule has 2 heterocycles. The SMILES string of the molecule is CC1(C)CCCC1n1c(=S)[nH]c2ccsc2c1=O. The van der Waals surface area contributed by atoms with Crippen molar-refractivity contribution in [2.24, 2.45) is 5.41 Å². The third kappa shape index (κ3) is 1.68. The first kappa shape index (κ1) is 12.1. The van der Waals surface area contributed by atoms with E-state index in [0.29, 0.717) is 4.77 Å². The Bertz CT molecular complexity index is 708. The zero-order chi connectivity index (χ0) is 12.9. The first-order valence-electron chi connectivity index (χ1n) is 6.23. The molecule has 0 aliphatic heterocycles. The molecule has 1 unspecified atom stereocenters. The third-order valence-corrected chi connectivity index (χ3v) is 5.25. The molecule has 1 N–H and O–H groups in total. The van der Waals surface area contributed by atoms with Crippen LogP contribution in [0.5, 0.6) is 0 Å². The number of thiophene rings is 1. The van der Waals surface area contributed by atoms with Gasteiger partial charge in [-0.1, -0.05) is 20.3 Å². The molecule has 0 amide bonds. The molecule has 3 nitrogen and oxygen atoms in total. The van der Waals surface area contributed by atoms with Crippen molar-refractivity contribution >= 4 is 33.8 Å². The van der Waals surface area contributed by atoms with Crippen molar-refractivity contribution < 1.29 is 0 Å². The van der Waals surface area contributed by atoms with E-state index in [-0.39, 0.29) is 17.0 Å². The minimum atomic E-state index is 0.0729. The van der Waals surface area contributed by atoms with Crippen molar-refractivity contribution in [1.29, 1.82) is 0 Å². The highest BCUT2D eigenvalue weighted by atomic mass is 32.1. The van der Waals surface area contributed by atoms with Crippen molar-refractivity contribution in [3.8, 4) is 0 Å². The number of hydrogen-bond donors (Lipinski definition) is 1. The summed E-state index contributed by atoms with van der Waals surface area (Å²) < 4.78 is 3.15. The van der Waals surface area contributed by atoms with Crippen LogP contribution in [0.25, 0.3) is 10.2 Å². The van der Waals surface area contributed by atoms with Crippen LogP contribution in [0.3, 0.4) is 0 Å².